The van der Waals surface area contributed by atoms with E-state index in [0.29, 0.717) is 6.54 Å². The Morgan fingerprint density at radius 3 is 2.86 bits per heavy atom. The molecule has 5 heteroatoms. The zero-order valence-corrected chi connectivity index (χ0v) is 7.83. The molecule has 0 aliphatic rings. The first-order chi connectivity index (χ1) is 6.69. The zero-order valence-electron chi connectivity index (χ0n) is 7.83. The van der Waals surface area contributed by atoms with Crippen molar-refractivity contribution in [3.63, 3.8) is 0 Å². The molecule has 1 aromatic heterocycles. The zero-order chi connectivity index (χ0) is 10.6. The topological polar surface area (TPSA) is 69.0 Å². The maximum Gasteiger partial charge on any atom is 0.323 e. The van der Waals surface area contributed by atoms with E-state index in [1.165, 1.54) is 11.1 Å². The minimum absolute atomic E-state index is 0.229. The van der Waals surface area contributed by atoms with Crippen molar-refractivity contribution < 1.29 is 4.79 Å². The van der Waals surface area contributed by atoms with Gasteiger partial charge in [-0.15, -0.1) is 6.42 Å². The van der Waals surface area contributed by atoms with Crippen LogP contribution in [0.3, 0.4) is 0 Å². The van der Waals surface area contributed by atoms with Crippen LogP contribution in [0, 0.1) is 12.3 Å². The second-order valence-electron chi connectivity index (χ2n) is 2.68. The number of aromatic amines is 2. The van der Waals surface area contributed by atoms with Gasteiger partial charge < -0.3 is 14.9 Å². The Morgan fingerprint density at radius 1 is 1.71 bits per heavy atom. The highest BCUT2D eigenvalue weighted by Gasteiger charge is 2.14. The lowest BCUT2D eigenvalue weighted by Gasteiger charge is -2.16. The van der Waals surface area contributed by atoms with E-state index in [1.54, 1.807) is 0 Å². The van der Waals surface area contributed by atoms with Gasteiger partial charge in [0.2, 0.25) is 0 Å². The Morgan fingerprint density at radius 2 is 2.43 bits per heavy atom. The number of amides is 1. The largest absolute Gasteiger partial charge is 0.326 e. The second kappa shape index (κ2) is 4.33. The van der Waals surface area contributed by atoms with Crippen molar-refractivity contribution in [2.45, 2.75) is 6.92 Å². The monoisotopic (exact) mass is 193 g/mol. The Balaban J connectivity index is 2.84. The SMILES string of the molecule is C#CCN(CC)C(=O)c1c[nH]c(=O)[nH]1. The number of nitrogens with zero attached hydrogens (tertiary/aromatic N) is 1. The fourth-order valence-corrected chi connectivity index (χ4v) is 1.06. The fourth-order valence-electron chi connectivity index (χ4n) is 1.06. The quantitative estimate of drug-likeness (QED) is 0.652. The van der Waals surface area contributed by atoms with Gasteiger partial charge >= 0.3 is 5.69 Å². The van der Waals surface area contributed by atoms with E-state index in [2.05, 4.69) is 15.9 Å². The Labute approximate surface area is 81.1 Å². The molecular weight excluding hydrogens is 182 g/mol. The van der Waals surface area contributed by atoms with Crippen molar-refractivity contribution in [1.82, 2.24) is 14.9 Å². The molecular formula is C9H11N3O2. The van der Waals surface area contributed by atoms with E-state index in [-0.39, 0.29) is 18.1 Å². The molecule has 5 nitrogen and oxygen atoms in total. The summed E-state index contributed by atoms with van der Waals surface area (Å²) in [4.78, 5) is 28.6. The number of aromatic nitrogens is 2. The summed E-state index contributed by atoms with van der Waals surface area (Å²) in [6, 6.07) is 0. The molecule has 0 unspecified atom stereocenters. The van der Waals surface area contributed by atoms with Gasteiger partial charge in [-0.1, -0.05) is 5.92 Å². The Hall–Kier alpha value is -1.96. The smallest absolute Gasteiger partial charge is 0.323 e. The molecule has 0 aliphatic heterocycles. The molecule has 1 heterocycles. The molecule has 0 radical (unpaired) electrons. The number of nitrogens with one attached hydrogen (secondary N) is 2. The van der Waals surface area contributed by atoms with Gasteiger partial charge in [0.05, 0.1) is 6.54 Å². The molecule has 0 atom stereocenters. The number of hydrogen-bond donors (Lipinski definition) is 2. The van der Waals surface area contributed by atoms with Gasteiger partial charge in [0.1, 0.15) is 5.69 Å². The molecule has 0 saturated heterocycles. The number of carbonyl (C=O) groups is 1. The summed E-state index contributed by atoms with van der Waals surface area (Å²) in [5, 5.41) is 0. The summed E-state index contributed by atoms with van der Waals surface area (Å²) in [7, 11) is 0. The van der Waals surface area contributed by atoms with E-state index in [0.717, 1.165) is 0 Å². The molecule has 0 aromatic carbocycles. The number of imidazole rings is 1. The van der Waals surface area contributed by atoms with Crippen molar-refractivity contribution in [2.24, 2.45) is 0 Å². The van der Waals surface area contributed by atoms with Crippen LogP contribution < -0.4 is 5.69 Å². The van der Waals surface area contributed by atoms with E-state index in [9.17, 15) is 9.59 Å². The Bertz CT molecular complexity index is 410. The summed E-state index contributed by atoms with van der Waals surface area (Å²) in [6.45, 7) is 2.57. The molecule has 1 aromatic rings. The molecule has 2 N–H and O–H groups in total. The lowest BCUT2D eigenvalue weighted by Crippen LogP contribution is -2.31. The van der Waals surface area contributed by atoms with Crippen molar-refractivity contribution in [3.05, 3.63) is 22.4 Å². The molecule has 0 spiro atoms. The summed E-state index contributed by atoms with van der Waals surface area (Å²) in [6.07, 6.45) is 6.44. The third-order valence-corrected chi connectivity index (χ3v) is 1.78. The Kier molecular flexibility index (Phi) is 3.13. The normalized spacial score (nSPS) is 9.43. The van der Waals surface area contributed by atoms with Crippen LogP contribution in [0.4, 0.5) is 0 Å². The first-order valence-electron chi connectivity index (χ1n) is 4.19. The fraction of sp³-hybridized carbons (Fsp3) is 0.333. The van der Waals surface area contributed by atoms with E-state index in [4.69, 9.17) is 6.42 Å². The van der Waals surface area contributed by atoms with Crippen LogP contribution in [0.25, 0.3) is 0 Å². The molecule has 74 valence electrons. The predicted molar refractivity (Wildman–Crippen MR) is 51.8 cm³/mol. The summed E-state index contributed by atoms with van der Waals surface area (Å²) < 4.78 is 0. The molecule has 0 aliphatic carbocycles. The van der Waals surface area contributed by atoms with Gasteiger partial charge in [-0.05, 0) is 6.92 Å². The third kappa shape index (κ3) is 2.04. The van der Waals surface area contributed by atoms with Crippen molar-refractivity contribution in [2.75, 3.05) is 13.1 Å². The molecule has 1 amide bonds. The van der Waals surface area contributed by atoms with Crippen molar-refractivity contribution in [1.29, 1.82) is 0 Å². The van der Waals surface area contributed by atoms with E-state index in [1.807, 2.05) is 6.92 Å². The van der Waals surface area contributed by atoms with Gasteiger partial charge in [0.25, 0.3) is 5.91 Å². The number of rotatable bonds is 3. The number of terminal acetylenes is 1. The lowest BCUT2D eigenvalue weighted by atomic mass is 10.4. The third-order valence-electron chi connectivity index (χ3n) is 1.78. The average molecular weight is 193 g/mol. The molecule has 14 heavy (non-hydrogen) atoms. The first-order valence-corrected chi connectivity index (χ1v) is 4.19. The summed E-state index contributed by atoms with van der Waals surface area (Å²) in [5.41, 5.74) is -0.169. The lowest BCUT2D eigenvalue weighted by molar-refractivity contribution is 0.0779. The highest BCUT2D eigenvalue weighted by atomic mass is 16.2. The molecule has 0 fully saturated rings. The van der Waals surface area contributed by atoms with Crippen LogP contribution in [-0.2, 0) is 0 Å². The van der Waals surface area contributed by atoms with Gasteiger partial charge in [0.15, 0.2) is 0 Å². The maximum atomic E-state index is 11.6. The van der Waals surface area contributed by atoms with E-state index < -0.39 is 5.69 Å². The molecule has 1 rings (SSSR count). The van der Waals surface area contributed by atoms with Crippen LogP contribution in [0.2, 0.25) is 0 Å². The molecule has 0 saturated carbocycles. The van der Waals surface area contributed by atoms with E-state index >= 15 is 0 Å². The van der Waals surface area contributed by atoms with Crippen LogP contribution in [0.15, 0.2) is 11.0 Å². The van der Waals surface area contributed by atoms with Crippen LogP contribution in [0.5, 0.6) is 0 Å². The van der Waals surface area contributed by atoms with Crippen LogP contribution in [-0.4, -0.2) is 33.9 Å². The number of H-pyrrole nitrogens is 2. The second-order valence-corrected chi connectivity index (χ2v) is 2.68. The van der Waals surface area contributed by atoms with Crippen LogP contribution in [0.1, 0.15) is 17.4 Å². The van der Waals surface area contributed by atoms with Gasteiger partial charge in [-0.2, -0.15) is 0 Å². The van der Waals surface area contributed by atoms with Crippen molar-refractivity contribution in [3.8, 4) is 12.3 Å². The van der Waals surface area contributed by atoms with Crippen molar-refractivity contribution >= 4 is 5.91 Å². The summed E-state index contributed by atoms with van der Waals surface area (Å²) in [5.74, 6) is 2.10. The molecule has 0 bridgehead atoms. The van der Waals surface area contributed by atoms with Gasteiger partial charge in [0, 0.05) is 12.7 Å². The number of hydrogen-bond acceptors (Lipinski definition) is 2. The minimum atomic E-state index is -0.398. The standard InChI is InChI=1S/C9H11N3O2/c1-3-5-12(4-2)8(13)7-6-10-9(14)11-7/h1,6H,4-5H2,2H3,(H2,10,11,14). The maximum absolute atomic E-state index is 11.6. The van der Waals surface area contributed by atoms with Gasteiger partial charge in [-0.3, -0.25) is 4.79 Å². The minimum Gasteiger partial charge on any atom is -0.326 e. The number of carbonyl (C=O) groups excluding carboxylic acids is 1. The van der Waals surface area contributed by atoms with Gasteiger partial charge in [-0.25, -0.2) is 4.79 Å². The average Bonchev–Trinajstić information content (AvgIpc) is 2.60. The first kappa shape index (κ1) is 10.1. The predicted octanol–water partition coefficient (Wildman–Crippen LogP) is -0.202. The summed E-state index contributed by atoms with van der Waals surface area (Å²) >= 11 is 0. The highest BCUT2D eigenvalue weighted by molar-refractivity contribution is 5.92. The van der Waals surface area contributed by atoms with Crippen LogP contribution >= 0.6 is 0 Å². The highest BCUT2D eigenvalue weighted by Crippen LogP contribution is 1.97.